The van der Waals surface area contributed by atoms with Gasteiger partial charge in [0.1, 0.15) is 12.3 Å². The van der Waals surface area contributed by atoms with E-state index in [1.165, 1.54) is 9.47 Å². The van der Waals surface area contributed by atoms with Gasteiger partial charge in [-0.25, -0.2) is 4.79 Å². The number of ether oxygens (including phenoxy) is 1. The zero-order chi connectivity index (χ0) is 20.4. The minimum Gasteiger partial charge on any atom is -0.477 e. The number of nitrogens with one attached hydrogen (secondary N) is 1. The van der Waals surface area contributed by atoms with Crippen molar-refractivity contribution < 1.29 is 18.7 Å². The van der Waals surface area contributed by atoms with Gasteiger partial charge in [0, 0.05) is 6.54 Å². The lowest BCUT2D eigenvalue weighted by Crippen LogP contribution is -2.51. The van der Waals surface area contributed by atoms with Gasteiger partial charge in [-0.1, -0.05) is 31.2 Å². The molecule has 3 aromatic rings. The largest absolute Gasteiger partial charge is 0.477 e. The molecule has 2 aromatic carbocycles. The molecule has 1 aliphatic rings. The quantitative estimate of drug-likeness (QED) is 0.712. The van der Waals surface area contributed by atoms with Crippen LogP contribution in [0, 0.1) is 0 Å². The lowest BCUT2D eigenvalue weighted by molar-refractivity contribution is -0.128. The van der Waals surface area contributed by atoms with Crippen LogP contribution in [0.5, 0.6) is 5.75 Å². The number of amides is 2. The van der Waals surface area contributed by atoms with Crippen LogP contribution in [0.2, 0.25) is 0 Å². The highest BCUT2D eigenvalue weighted by molar-refractivity contribution is 5.97. The van der Waals surface area contributed by atoms with Gasteiger partial charge in [0.2, 0.25) is 5.91 Å². The van der Waals surface area contributed by atoms with E-state index in [1.807, 2.05) is 6.92 Å². The minimum atomic E-state index is -0.821. The van der Waals surface area contributed by atoms with E-state index in [0.717, 1.165) is 6.42 Å². The highest BCUT2D eigenvalue weighted by Gasteiger charge is 2.34. The average Bonchev–Trinajstić information content (AvgIpc) is 3.06. The minimum absolute atomic E-state index is 0.0654. The van der Waals surface area contributed by atoms with Crippen LogP contribution in [-0.4, -0.2) is 35.6 Å². The molecular weight excluding hydrogens is 374 g/mol. The van der Waals surface area contributed by atoms with Crippen LogP contribution in [0.4, 0.5) is 5.69 Å². The monoisotopic (exact) mass is 395 g/mol. The van der Waals surface area contributed by atoms with E-state index in [9.17, 15) is 14.4 Å². The van der Waals surface area contributed by atoms with E-state index in [1.54, 1.807) is 48.5 Å². The SMILES string of the molecule is CCCNC(=O)C1CN(C(=O)Cn2c(=O)oc3ccccc32)c2ccccc2O1. The molecule has 1 atom stereocenters. The van der Waals surface area contributed by atoms with Crippen LogP contribution in [0.1, 0.15) is 13.3 Å². The molecule has 29 heavy (non-hydrogen) atoms. The first kappa shape index (κ1) is 18.8. The first-order chi connectivity index (χ1) is 14.1. The summed E-state index contributed by atoms with van der Waals surface area (Å²) >= 11 is 0. The third kappa shape index (κ3) is 3.61. The molecule has 8 heteroatoms. The van der Waals surface area contributed by atoms with Crippen molar-refractivity contribution in [3.05, 3.63) is 59.1 Å². The highest BCUT2D eigenvalue weighted by atomic mass is 16.5. The second-order valence-electron chi connectivity index (χ2n) is 6.79. The molecule has 0 bridgehead atoms. The fourth-order valence-electron chi connectivity index (χ4n) is 3.35. The fraction of sp³-hybridized carbons (Fsp3) is 0.286. The number of anilines is 1. The molecule has 4 rings (SSSR count). The second kappa shape index (κ2) is 7.83. The Morgan fingerprint density at radius 2 is 1.90 bits per heavy atom. The molecule has 0 radical (unpaired) electrons. The molecule has 150 valence electrons. The van der Waals surface area contributed by atoms with Crippen molar-refractivity contribution >= 4 is 28.6 Å². The number of para-hydroxylation sites is 4. The Kier molecular flexibility index (Phi) is 5.07. The van der Waals surface area contributed by atoms with Gasteiger partial charge in [0.25, 0.3) is 5.91 Å². The molecule has 1 unspecified atom stereocenters. The van der Waals surface area contributed by atoms with Gasteiger partial charge >= 0.3 is 5.76 Å². The Balaban J connectivity index is 1.63. The average molecular weight is 395 g/mol. The van der Waals surface area contributed by atoms with Crippen molar-refractivity contribution in [3.63, 3.8) is 0 Å². The number of carbonyl (C=O) groups is 2. The van der Waals surface area contributed by atoms with E-state index in [2.05, 4.69) is 5.32 Å². The van der Waals surface area contributed by atoms with Crippen molar-refractivity contribution in [1.82, 2.24) is 9.88 Å². The summed E-state index contributed by atoms with van der Waals surface area (Å²) in [6.07, 6.45) is -0.0213. The molecule has 0 saturated heterocycles. The number of oxazole rings is 1. The molecule has 0 spiro atoms. The number of hydrogen-bond acceptors (Lipinski definition) is 5. The lowest BCUT2D eigenvalue weighted by Gasteiger charge is -2.34. The molecule has 0 fully saturated rings. The van der Waals surface area contributed by atoms with Crippen molar-refractivity contribution in [1.29, 1.82) is 0 Å². The summed E-state index contributed by atoms with van der Waals surface area (Å²) in [5.41, 5.74) is 1.53. The maximum atomic E-state index is 13.1. The van der Waals surface area contributed by atoms with Crippen LogP contribution < -0.4 is 20.7 Å². The Morgan fingerprint density at radius 3 is 2.72 bits per heavy atom. The predicted octanol–water partition coefficient (Wildman–Crippen LogP) is 1.91. The van der Waals surface area contributed by atoms with Crippen molar-refractivity contribution in [3.8, 4) is 5.75 Å². The fourth-order valence-corrected chi connectivity index (χ4v) is 3.35. The van der Waals surface area contributed by atoms with E-state index in [-0.39, 0.29) is 24.9 Å². The molecule has 8 nitrogen and oxygen atoms in total. The van der Waals surface area contributed by atoms with Crippen LogP contribution in [0.3, 0.4) is 0 Å². The molecule has 1 N–H and O–H groups in total. The number of rotatable bonds is 5. The van der Waals surface area contributed by atoms with E-state index >= 15 is 0 Å². The Morgan fingerprint density at radius 1 is 1.14 bits per heavy atom. The van der Waals surface area contributed by atoms with Gasteiger partial charge in [-0.3, -0.25) is 14.2 Å². The summed E-state index contributed by atoms with van der Waals surface area (Å²) in [5.74, 6) is -0.751. The van der Waals surface area contributed by atoms with Gasteiger partial charge < -0.3 is 19.4 Å². The van der Waals surface area contributed by atoms with E-state index < -0.39 is 11.9 Å². The third-order valence-corrected chi connectivity index (χ3v) is 4.78. The molecule has 2 heterocycles. The van der Waals surface area contributed by atoms with Crippen LogP contribution >= 0.6 is 0 Å². The Hall–Kier alpha value is -3.55. The topological polar surface area (TPSA) is 93.8 Å². The number of benzene rings is 2. The first-order valence-corrected chi connectivity index (χ1v) is 9.50. The van der Waals surface area contributed by atoms with Gasteiger partial charge in [0.15, 0.2) is 11.7 Å². The molecule has 0 aliphatic carbocycles. The molecule has 2 amide bonds. The van der Waals surface area contributed by atoms with Gasteiger partial charge in [-0.15, -0.1) is 0 Å². The molecular formula is C21H21N3O5. The predicted molar refractivity (Wildman–Crippen MR) is 107 cm³/mol. The molecule has 1 aliphatic heterocycles. The van der Waals surface area contributed by atoms with Gasteiger partial charge in [-0.2, -0.15) is 0 Å². The molecule has 0 saturated carbocycles. The number of carbonyl (C=O) groups excluding carboxylic acids is 2. The Bertz CT molecular complexity index is 1120. The normalized spacial score (nSPS) is 15.6. The number of nitrogens with zero attached hydrogens (tertiary/aromatic N) is 2. The highest BCUT2D eigenvalue weighted by Crippen LogP contribution is 2.33. The summed E-state index contributed by atoms with van der Waals surface area (Å²) in [7, 11) is 0. The standard InChI is InChI=1S/C21H21N3O5/c1-2-11-22-20(26)18-12-23(14-7-3-5-9-16(14)28-18)19(25)13-24-15-8-4-6-10-17(15)29-21(24)27/h3-10,18H,2,11-13H2,1H3,(H,22,26). The number of hydrogen-bond donors (Lipinski definition) is 1. The van der Waals surface area contributed by atoms with Crippen LogP contribution in [0.25, 0.3) is 11.1 Å². The van der Waals surface area contributed by atoms with Crippen molar-refractivity contribution in [2.24, 2.45) is 0 Å². The number of fused-ring (bicyclic) bond motifs is 2. The van der Waals surface area contributed by atoms with Gasteiger partial charge in [-0.05, 0) is 30.7 Å². The summed E-state index contributed by atoms with van der Waals surface area (Å²) < 4.78 is 12.3. The van der Waals surface area contributed by atoms with Crippen molar-refractivity contribution in [2.45, 2.75) is 26.0 Å². The van der Waals surface area contributed by atoms with Crippen molar-refractivity contribution in [2.75, 3.05) is 18.0 Å². The first-order valence-electron chi connectivity index (χ1n) is 9.50. The summed E-state index contributed by atoms with van der Waals surface area (Å²) in [5, 5.41) is 2.80. The second-order valence-corrected chi connectivity index (χ2v) is 6.79. The van der Waals surface area contributed by atoms with E-state index in [4.69, 9.17) is 9.15 Å². The maximum Gasteiger partial charge on any atom is 0.420 e. The van der Waals surface area contributed by atoms with E-state index in [0.29, 0.717) is 29.1 Å². The van der Waals surface area contributed by atoms with Crippen LogP contribution in [0.15, 0.2) is 57.7 Å². The summed E-state index contributed by atoms with van der Waals surface area (Å²) in [6.45, 7) is 2.36. The summed E-state index contributed by atoms with van der Waals surface area (Å²) in [6, 6.07) is 14.0. The Labute approximate surface area is 166 Å². The third-order valence-electron chi connectivity index (χ3n) is 4.78. The van der Waals surface area contributed by atoms with Crippen LogP contribution in [-0.2, 0) is 16.1 Å². The zero-order valence-corrected chi connectivity index (χ0v) is 16.0. The lowest BCUT2D eigenvalue weighted by atomic mass is 10.1. The molecule has 1 aromatic heterocycles. The number of aromatic nitrogens is 1. The zero-order valence-electron chi connectivity index (χ0n) is 16.0. The smallest absolute Gasteiger partial charge is 0.420 e. The summed E-state index contributed by atoms with van der Waals surface area (Å²) in [4.78, 5) is 39.3. The maximum absolute atomic E-state index is 13.1. The van der Waals surface area contributed by atoms with Gasteiger partial charge in [0.05, 0.1) is 17.7 Å².